The minimum absolute atomic E-state index is 0.0650. The lowest BCUT2D eigenvalue weighted by molar-refractivity contribution is -0.141. The van der Waals surface area contributed by atoms with Crippen LogP contribution in [-0.2, 0) is 52.6 Å². The number of nitrogens with one attached hydrogen (secondary N) is 3. The number of hydrogen-bond acceptors (Lipinski definition) is 11. The number of hydrogen-bond donors (Lipinski definition) is 5. The Bertz CT molecular complexity index is 2090. The van der Waals surface area contributed by atoms with Crippen molar-refractivity contribution < 1.29 is 43.6 Å². The van der Waals surface area contributed by atoms with E-state index in [2.05, 4.69) is 20.6 Å². The molecule has 1 aromatic carbocycles. The number of H-pyrrole nitrogens is 1. The highest BCUT2D eigenvalue weighted by Gasteiger charge is 2.32. The third-order valence-corrected chi connectivity index (χ3v) is 9.12. The number of nitrogens with zero attached hydrogens (tertiary/aromatic N) is 3. The number of imidazole rings is 1. The van der Waals surface area contributed by atoms with Gasteiger partial charge in [0, 0.05) is 51.2 Å². The number of allylic oxidation sites excluding steroid dienone is 3. The fraction of sp³-hybridized carbons (Fsp3) is 0.472. The van der Waals surface area contributed by atoms with Crippen LogP contribution in [0.15, 0.2) is 32.9 Å². The van der Waals surface area contributed by atoms with Crippen LogP contribution >= 0.6 is 0 Å². The van der Waals surface area contributed by atoms with Gasteiger partial charge < -0.3 is 40.0 Å². The van der Waals surface area contributed by atoms with Gasteiger partial charge in [0.05, 0.1) is 13.0 Å². The largest absolute Gasteiger partial charge is 0.507 e. The predicted molar refractivity (Wildman–Crippen MR) is 192 cm³/mol. The second-order valence-electron chi connectivity index (χ2n) is 13.0. The summed E-state index contributed by atoms with van der Waals surface area (Å²) in [4.78, 5) is 80.2. The lowest BCUT2D eigenvalue weighted by Crippen LogP contribution is -2.36. The monoisotopic (exact) mass is 738 g/mol. The van der Waals surface area contributed by atoms with Crippen LogP contribution in [0.1, 0.15) is 72.4 Å². The summed E-state index contributed by atoms with van der Waals surface area (Å²) in [5.74, 6) is -1.84. The molecule has 3 heterocycles. The van der Waals surface area contributed by atoms with Crippen LogP contribution in [0.4, 0.5) is 4.79 Å². The molecule has 0 spiro atoms. The Morgan fingerprint density at radius 2 is 1.74 bits per heavy atom. The van der Waals surface area contributed by atoms with Crippen LogP contribution in [0.2, 0.25) is 0 Å². The van der Waals surface area contributed by atoms with E-state index >= 15 is 0 Å². The molecule has 53 heavy (non-hydrogen) atoms. The maximum absolute atomic E-state index is 12.3. The summed E-state index contributed by atoms with van der Waals surface area (Å²) < 4.78 is 18.1. The van der Waals surface area contributed by atoms with Crippen molar-refractivity contribution in [2.75, 3.05) is 26.8 Å². The molecule has 0 bridgehead atoms. The van der Waals surface area contributed by atoms with Crippen molar-refractivity contribution in [1.82, 2.24) is 29.7 Å². The Morgan fingerprint density at radius 3 is 2.42 bits per heavy atom. The highest BCUT2D eigenvalue weighted by molar-refractivity contribution is 5.98. The number of aliphatic carboxylic acids is 1. The summed E-state index contributed by atoms with van der Waals surface area (Å²) in [6, 6.07) is 0. The number of carbonyl (C=O) groups is 4. The zero-order chi connectivity index (χ0) is 39.0. The average molecular weight is 739 g/mol. The van der Waals surface area contributed by atoms with Crippen molar-refractivity contribution in [3.63, 3.8) is 0 Å². The molecule has 0 saturated heterocycles. The Kier molecular flexibility index (Phi) is 13.2. The number of alkyl carbamates (subject to hydrolysis) is 1. The van der Waals surface area contributed by atoms with Crippen LogP contribution < -0.4 is 26.6 Å². The number of aryl methyl sites for hydroxylation is 2. The number of fused-ring (bicyclic) bond motifs is 2. The number of rotatable bonds is 17. The topological polar surface area (TPSA) is 233 Å². The summed E-state index contributed by atoms with van der Waals surface area (Å²) in [5.41, 5.74) is 2.84. The fourth-order valence-electron chi connectivity index (χ4n) is 6.17. The zero-order valence-electron chi connectivity index (χ0n) is 30.7. The van der Waals surface area contributed by atoms with Crippen molar-refractivity contribution in [2.45, 2.75) is 65.9 Å². The van der Waals surface area contributed by atoms with Gasteiger partial charge in [0.25, 0.3) is 5.56 Å². The number of methoxy groups -OCH3 is 1. The molecule has 5 N–H and O–H groups in total. The molecule has 17 nitrogen and oxygen atoms in total. The van der Waals surface area contributed by atoms with Gasteiger partial charge in [-0.25, -0.2) is 19.4 Å². The van der Waals surface area contributed by atoms with Gasteiger partial charge in [0.1, 0.15) is 41.7 Å². The first-order valence-electron chi connectivity index (χ1n) is 17.1. The first kappa shape index (κ1) is 39.9. The molecule has 286 valence electrons. The van der Waals surface area contributed by atoms with E-state index in [0.717, 1.165) is 10.1 Å². The van der Waals surface area contributed by atoms with Crippen LogP contribution in [0.25, 0.3) is 11.2 Å². The highest BCUT2D eigenvalue weighted by atomic mass is 16.5. The quantitative estimate of drug-likeness (QED) is 0.0764. The number of amides is 2. The van der Waals surface area contributed by atoms with Gasteiger partial charge in [-0.2, -0.15) is 0 Å². The molecule has 3 aromatic rings. The molecule has 2 aromatic heterocycles. The van der Waals surface area contributed by atoms with Crippen molar-refractivity contribution in [3.05, 3.63) is 72.2 Å². The standard InChI is InChI=1S/C36H46N6O11/c1-19(10-11-23-29(44)27-24(18-53-34(27)48)21(3)30(23)51-6)16-22(33(46)47)17-20(2)12-15-52-35(49)38-14-13-37-26(43)9-7-8-25-39-28-31(40-25)41(4)36(50)42(5)32(28)45/h10,12,22,44H,7-9,11,13-18H2,1-6H3,(H,37,43)(H,38,49)(H,39,40)(H,46,47)/b19-10+,20-12+. The highest BCUT2D eigenvalue weighted by Crippen LogP contribution is 2.42. The molecule has 4 rings (SSSR count). The Labute approximate surface area is 304 Å². The molecule has 1 aliphatic rings. The number of aromatic hydroxyl groups is 1. The summed E-state index contributed by atoms with van der Waals surface area (Å²) in [5, 5.41) is 25.9. The molecule has 0 fully saturated rings. The molecule has 1 unspecified atom stereocenters. The maximum atomic E-state index is 12.3. The summed E-state index contributed by atoms with van der Waals surface area (Å²) >= 11 is 0. The van der Waals surface area contributed by atoms with E-state index < -0.39 is 35.2 Å². The van der Waals surface area contributed by atoms with Crippen LogP contribution in [-0.4, -0.2) is 80.1 Å². The van der Waals surface area contributed by atoms with Gasteiger partial charge in [0.15, 0.2) is 5.52 Å². The molecule has 2 amide bonds. The van der Waals surface area contributed by atoms with Crippen LogP contribution in [0.3, 0.4) is 0 Å². The van der Waals surface area contributed by atoms with Gasteiger partial charge in [-0.05, 0) is 58.1 Å². The first-order valence-corrected chi connectivity index (χ1v) is 17.1. The Morgan fingerprint density at radius 1 is 1.06 bits per heavy atom. The maximum Gasteiger partial charge on any atom is 0.407 e. The number of esters is 1. The summed E-state index contributed by atoms with van der Waals surface area (Å²) in [6.07, 6.45) is 4.39. The van der Waals surface area contributed by atoms with Crippen LogP contribution in [0, 0.1) is 12.8 Å². The fourth-order valence-corrected chi connectivity index (χ4v) is 6.17. The Hall–Kier alpha value is -5.87. The zero-order valence-corrected chi connectivity index (χ0v) is 30.7. The smallest absolute Gasteiger partial charge is 0.407 e. The van der Waals surface area contributed by atoms with Gasteiger partial charge in [0.2, 0.25) is 5.91 Å². The minimum Gasteiger partial charge on any atom is -0.507 e. The number of phenols is 1. The van der Waals surface area contributed by atoms with Gasteiger partial charge >= 0.3 is 23.7 Å². The molecule has 17 heteroatoms. The van der Waals surface area contributed by atoms with E-state index in [1.165, 1.54) is 25.8 Å². The predicted octanol–water partition coefficient (Wildman–Crippen LogP) is 2.43. The number of cyclic esters (lactones) is 1. The average Bonchev–Trinajstić information content (AvgIpc) is 3.73. The number of phenolic OH excluding ortho intramolecular Hbond substituents is 1. The minimum atomic E-state index is -0.988. The first-order chi connectivity index (χ1) is 25.1. The Balaban J connectivity index is 1.16. The molecule has 0 radical (unpaired) electrons. The third kappa shape index (κ3) is 9.52. The third-order valence-electron chi connectivity index (χ3n) is 9.12. The second-order valence-corrected chi connectivity index (χ2v) is 13.0. The number of aromatic amines is 1. The van der Waals surface area contributed by atoms with E-state index in [9.17, 15) is 39.0 Å². The van der Waals surface area contributed by atoms with Gasteiger partial charge in [-0.3, -0.25) is 23.5 Å². The van der Waals surface area contributed by atoms with Crippen molar-refractivity contribution in [2.24, 2.45) is 20.0 Å². The molecule has 0 aliphatic carbocycles. The number of carboxylic acids is 1. The normalized spacial score (nSPS) is 13.4. The SMILES string of the molecule is COc1c(C)c2c(c(O)c1C/C=C(\C)CC(C/C(C)=C/COC(=O)NCCNC(=O)CCCc1nc3c(=O)n(C)c(=O)n(C)c3[nH]1)C(=O)O)C(=O)OC2. The van der Waals surface area contributed by atoms with E-state index in [0.29, 0.717) is 52.3 Å². The van der Waals surface area contributed by atoms with E-state index in [1.807, 2.05) is 0 Å². The van der Waals surface area contributed by atoms with Crippen molar-refractivity contribution in [3.8, 4) is 11.5 Å². The molecule has 0 saturated carbocycles. The van der Waals surface area contributed by atoms with Crippen molar-refractivity contribution in [1.29, 1.82) is 0 Å². The molecule has 1 aliphatic heterocycles. The number of carboxylic acid groups (broad SMARTS) is 1. The van der Waals surface area contributed by atoms with Crippen molar-refractivity contribution >= 4 is 35.1 Å². The second kappa shape index (κ2) is 17.6. The molecule has 1 atom stereocenters. The van der Waals surface area contributed by atoms with Crippen LogP contribution in [0.5, 0.6) is 11.5 Å². The molecular weight excluding hydrogens is 692 g/mol. The number of carbonyl (C=O) groups excluding carboxylic acids is 3. The molecular formula is C36H46N6O11. The lowest BCUT2D eigenvalue weighted by atomic mass is 9.91. The van der Waals surface area contributed by atoms with E-state index in [4.69, 9.17) is 14.2 Å². The summed E-state index contributed by atoms with van der Waals surface area (Å²) in [7, 11) is 4.40. The van der Waals surface area contributed by atoms with Gasteiger partial charge in [-0.15, -0.1) is 0 Å². The summed E-state index contributed by atoms with van der Waals surface area (Å²) in [6.45, 7) is 5.62. The van der Waals surface area contributed by atoms with E-state index in [-0.39, 0.29) is 74.7 Å². The van der Waals surface area contributed by atoms with E-state index in [1.54, 1.807) is 32.9 Å². The number of aromatic nitrogens is 4. The van der Waals surface area contributed by atoms with Gasteiger partial charge in [-0.1, -0.05) is 17.2 Å². The lowest BCUT2D eigenvalue weighted by Gasteiger charge is -2.16. The number of benzene rings is 1. The number of ether oxygens (including phenoxy) is 3.